The summed E-state index contributed by atoms with van der Waals surface area (Å²) < 4.78 is 0. The van der Waals surface area contributed by atoms with Crippen molar-refractivity contribution in [1.82, 2.24) is 14.9 Å². The van der Waals surface area contributed by atoms with E-state index in [9.17, 15) is 14.4 Å². The minimum absolute atomic E-state index is 0.0301. The molecule has 2 aliphatic heterocycles. The van der Waals surface area contributed by atoms with Crippen LogP contribution in [0.5, 0.6) is 0 Å². The van der Waals surface area contributed by atoms with Crippen molar-refractivity contribution in [2.75, 3.05) is 29.5 Å². The van der Waals surface area contributed by atoms with Crippen LogP contribution < -0.4 is 4.90 Å². The Balaban J connectivity index is 1.58. The molecule has 3 heterocycles. The Morgan fingerprint density at radius 1 is 0.920 bits per heavy atom. The molecule has 0 aliphatic carbocycles. The molecule has 2 aromatic rings. The van der Waals surface area contributed by atoms with Gasteiger partial charge in [-0.1, -0.05) is 0 Å². The van der Waals surface area contributed by atoms with E-state index in [1.165, 1.54) is 12.4 Å². The van der Waals surface area contributed by atoms with Gasteiger partial charge in [-0.25, -0.2) is 14.9 Å². The van der Waals surface area contributed by atoms with Gasteiger partial charge in [0, 0.05) is 42.6 Å². The fourth-order valence-electron chi connectivity index (χ4n) is 2.89. The highest BCUT2D eigenvalue weighted by molar-refractivity contribution is 7.99. The smallest absolute Gasteiger partial charge is 0.286 e. The topological polar surface area (TPSA) is 83.5 Å². The molecule has 7 nitrogen and oxygen atoms in total. The van der Waals surface area contributed by atoms with Crippen LogP contribution in [0.4, 0.5) is 5.69 Å². The Labute approximate surface area is 148 Å². The molecule has 1 saturated heterocycles. The lowest BCUT2D eigenvalue weighted by atomic mass is 10.1. The molecule has 0 saturated carbocycles. The summed E-state index contributed by atoms with van der Waals surface area (Å²) in [5.74, 6) is 0.857. The van der Waals surface area contributed by atoms with Crippen molar-refractivity contribution in [3.63, 3.8) is 0 Å². The molecule has 0 spiro atoms. The van der Waals surface area contributed by atoms with Gasteiger partial charge in [-0.3, -0.25) is 14.4 Å². The number of thioether (sulfide) groups is 1. The molecule has 126 valence electrons. The van der Waals surface area contributed by atoms with E-state index in [0.29, 0.717) is 11.3 Å². The number of carbonyl (C=O) groups is 3. The van der Waals surface area contributed by atoms with Crippen LogP contribution in [0.15, 0.2) is 36.7 Å². The van der Waals surface area contributed by atoms with Gasteiger partial charge in [-0.05, 0) is 24.3 Å². The number of imide groups is 1. The van der Waals surface area contributed by atoms with Gasteiger partial charge in [-0.2, -0.15) is 11.8 Å². The van der Waals surface area contributed by atoms with E-state index in [1.807, 2.05) is 16.7 Å². The summed E-state index contributed by atoms with van der Waals surface area (Å²) in [6.45, 7) is 1.47. The summed E-state index contributed by atoms with van der Waals surface area (Å²) in [6.07, 6.45) is 2.76. The highest BCUT2D eigenvalue weighted by atomic mass is 32.2. The first-order valence-electron chi connectivity index (χ1n) is 7.83. The van der Waals surface area contributed by atoms with Gasteiger partial charge < -0.3 is 4.90 Å². The first kappa shape index (κ1) is 15.8. The van der Waals surface area contributed by atoms with E-state index in [4.69, 9.17) is 0 Å². The Morgan fingerprint density at radius 3 is 2.04 bits per heavy atom. The Kier molecular flexibility index (Phi) is 3.96. The number of amides is 3. The van der Waals surface area contributed by atoms with Gasteiger partial charge in [0.2, 0.25) is 0 Å². The number of benzene rings is 1. The second kappa shape index (κ2) is 6.29. The maximum atomic E-state index is 12.5. The molecule has 1 aromatic carbocycles. The molecule has 4 rings (SSSR count). The highest BCUT2D eigenvalue weighted by Crippen LogP contribution is 2.26. The number of nitrogens with zero attached hydrogens (tertiary/aromatic N) is 4. The summed E-state index contributed by atoms with van der Waals surface area (Å²) >= 11 is 1.84. The van der Waals surface area contributed by atoms with Crippen LogP contribution in [-0.4, -0.2) is 57.2 Å². The van der Waals surface area contributed by atoms with Crippen molar-refractivity contribution in [3.05, 3.63) is 53.6 Å². The summed E-state index contributed by atoms with van der Waals surface area (Å²) in [5.41, 5.74) is 1.06. The predicted octanol–water partition coefficient (Wildman–Crippen LogP) is 1.47. The number of hydrogen-bond acceptors (Lipinski definition) is 6. The lowest BCUT2D eigenvalue weighted by Gasteiger charge is -2.26. The summed E-state index contributed by atoms with van der Waals surface area (Å²) in [4.78, 5) is 48.0. The monoisotopic (exact) mass is 354 g/mol. The van der Waals surface area contributed by atoms with Crippen LogP contribution in [0.1, 0.15) is 31.3 Å². The zero-order chi connectivity index (χ0) is 17.4. The number of aromatic nitrogens is 2. The number of hydrogen-bond donors (Lipinski definition) is 0. The molecule has 0 N–H and O–H groups in total. The van der Waals surface area contributed by atoms with Crippen LogP contribution >= 0.6 is 11.8 Å². The SMILES string of the molecule is O=C(c1ccc(N2C(=O)c3nccnc3C2=O)cc1)N1CCSCC1. The van der Waals surface area contributed by atoms with Crippen molar-refractivity contribution >= 4 is 35.2 Å². The maximum Gasteiger partial charge on any atom is 0.286 e. The minimum Gasteiger partial charge on any atom is -0.337 e. The van der Waals surface area contributed by atoms with E-state index in [1.54, 1.807) is 24.3 Å². The number of anilines is 1. The molecular weight excluding hydrogens is 340 g/mol. The van der Waals surface area contributed by atoms with Crippen LogP contribution in [0, 0.1) is 0 Å². The summed E-state index contributed by atoms with van der Waals surface area (Å²) in [7, 11) is 0. The molecule has 1 aromatic heterocycles. The zero-order valence-corrected chi connectivity index (χ0v) is 14.0. The third-order valence-corrected chi connectivity index (χ3v) is 5.12. The molecule has 0 atom stereocenters. The third kappa shape index (κ3) is 2.68. The van der Waals surface area contributed by atoms with Crippen LogP contribution in [0.2, 0.25) is 0 Å². The Hall–Kier alpha value is -2.74. The second-order valence-corrected chi connectivity index (χ2v) is 6.88. The van der Waals surface area contributed by atoms with E-state index < -0.39 is 11.8 Å². The van der Waals surface area contributed by atoms with Gasteiger partial charge in [0.25, 0.3) is 17.7 Å². The molecule has 8 heteroatoms. The first-order chi connectivity index (χ1) is 12.2. The predicted molar refractivity (Wildman–Crippen MR) is 92.8 cm³/mol. The normalized spacial score (nSPS) is 17.0. The quantitative estimate of drug-likeness (QED) is 0.760. The van der Waals surface area contributed by atoms with Crippen molar-refractivity contribution in [2.24, 2.45) is 0 Å². The average molecular weight is 354 g/mol. The molecule has 0 radical (unpaired) electrons. The van der Waals surface area contributed by atoms with Gasteiger partial charge >= 0.3 is 0 Å². The molecule has 3 amide bonds. The van der Waals surface area contributed by atoms with E-state index in [-0.39, 0.29) is 17.3 Å². The second-order valence-electron chi connectivity index (χ2n) is 5.65. The average Bonchev–Trinajstić information content (AvgIpc) is 2.93. The van der Waals surface area contributed by atoms with E-state index in [0.717, 1.165) is 29.5 Å². The van der Waals surface area contributed by atoms with Crippen LogP contribution in [0.3, 0.4) is 0 Å². The van der Waals surface area contributed by atoms with Gasteiger partial charge in [0.05, 0.1) is 5.69 Å². The van der Waals surface area contributed by atoms with E-state index in [2.05, 4.69) is 9.97 Å². The van der Waals surface area contributed by atoms with E-state index >= 15 is 0 Å². The third-order valence-electron chi connectivity index (χ3n) is 4.18. The first-order valence-corrected chi connectivity index (χ1v) is 8.99. The summed E-state index contributed by atoms with van der Waals surface area (Å²) in [5, 5.41) is 0. The fraction of sp³-hybridized carbons (Fsp3) is 0.235. The zero-order valence-electron chi connectivity index (χ0n) is 13.2. The fourth-order valence-corrected chi connectivity index (χ4v) is 3.79. The highest BCUT2D eigenvalue weighted by Gasteiger charge is 2.39. The van der Waals surface area contributed by atoms with Crippen LogP contribution in [0.25, 0.3) is 0 Å². The van der Waals surface area contributed by atoms with Gasteiger partial charge in [0.15, 0.2) is 11.4 Å². The number of rotatable bonds is 2. The largest absolute Gasteiger partial charge is 0.337 e. The summed E-state index contributed by atoms with van der Waals surface area (Å²) in [6, 6.07) is 6.49. The minimum atomic E-state index is -0.500. The number of carbonyl (C=O) groups excluding carboxylic acids is 3. The van der Waals surface area contributed by atoms with Crippen molar-refractivity contribution < 1.29 is 14.4 Å². The Bertz CT molecular complexity index is 827. The lowest BCUT2D eigenvalue weighted by Crippen LogP contribution is -2.37. The molecule has 1 fully saturated rings. The van der Waals surface area contributed by atoms with Crippen molar-refractivity contribution in [2.45, 2.75) is 0 Å². The maximum absolute atomic E-state index is 12.5. The van der Waals surface area contributed by atoms with Crippen molar-refractivity contribution in [1.29, 1.82) is 0 Å². The molecular formula is C17H14N4O3S. The molecule has 0 bridgehead atoms. The standard InChI is InChI=1S/C17H14N4O3S/c22-15(20-7-9-25-10-8-20)11-1-3-12(4-2-11)21-16(23)13-14(17(21)24)19-6-5-18-13/h1-6H,7-10H2. The van der Waals surface area contributed by atoms with Crippen molar-refractivity contribution in [3.8, 4) is 0 Å². The Morgan fingerprint density at radius 2 is 1.48 bits per heavy atom. The van der Waals surface area contributed by atoms with Gasteiger partial charge in [-0.15, -0.1) is 0 Å². The molecule has 25 heavy (non-hydrogen) atoms. The molecule has 0 unspecified atom stereocenters. The molecule has 2 aliphatic rings. The van der Waals surface area contributed by atoms with Gasteiger partial charge in [0.1, 0.15) is 0 Å². The lowest BCUT2D eigenvalue weighted by molar-refractivity contribution is 0.0772. The van der Waals surface area contributed by atoms with Crippen LogP contribution in [-0.2, 0) is 0 Å². The number of fused-ring (bicyclic) bond motifs is 1.